The highest BCUT2D eigenvalue weighted by Crippen LogP contribution is 2.31. The van der Waals surface area contributed by atoms with Gasteiger partial charge in [-0.3, -0.25) is 0 Å². The predicted octanol–water partition coefficient (Wildman–Crippen LogP) is 3.71. The molecule has 0 aliphatic heterocycles. The summed E-state index contributed by atoms with van der Waals surface area (Å²) < 4.78 is 0. The highest BCUT2D eigenvalue weighted by molar-refractivity contribution is 5.23. The van der Waals surface area contributed by atoms with E-state index < -0.39 is 0 Å². The van der Waals surface area contributed by atoms with Gasteiger partial charge in [-0.1, -0.05) is 56.0 Å². The molecular weight excluding hydrogens is 206 g/mol. The van der Waals surface area contributed by atoms with Crippen LogP contribution in [0.4, 0.5) is 0 Å². The standard InChI is InChI=1S/C16H25N/c1-3-17-16(11-14-7-5-8-14)12-15-9-4-6-13(2)10-15/h4,6,9-10,14,16-17H,3,5,7-8,11-12H2,1-2H3. The van der Waals surface area contributed by atoms with E-state index in [4.69, 9.17) is 0 Å². The summed E-state index contributed by atoms with van der Waals surface area (Å²) in [5.74, 6) is 0.990. The molecule has 2 rings (SSSR count). The van der Waals surface area contributed by atoms with Gasteiger partial charge >= 0.3 is 0 Å². The second-order valence-electron chi connectivity index (χ2n) is 5.48. The Morgan fingerprint density at radius 3 is 2.76 bits per heavy atom. The summed E-state index contributed by atoms with van der Waals surface area (Å²) in [5, 5.41) is 3.65. The van der Waals surface area contributed by atoms with Gasteiger partial charge in [0.15, 0.2) is 0 Å². The van der Waals surface area contributed by atoms with Crippen molar-refractivity contribution in [3.05, 3.63) is 35.4 Å². The number of nitrogens with one attached hydrogen (secondary N) is 1. The minimum absolute atomic E-state index is 0.673. The molecule has 1 aliphatic rings. The van der Waals surface area contributed by atoms with Gasteiger partial charge in [-0.05, 0) is 37.8 Å². The molecule has 1 fully saturated rings. The molecule has 0 bridgehead atoms. The van der Waals surface area contributed by atoms with Crippen LogP contribution in [0, 0.1) is 12.8 Å². The Morgan fingerprint density at radius 1 is 1.35 bits per heavy atom. The monoisotopic (exact) mass is 231 g/mol. The Morgan fingerprint density at radius 2 is 2.18 bits per heavy atom. The lowest BCUT2D eigenvalue weighted by Crippen LogP contribution is -2.34. The first-order valence-electron chi connectivity index (χ1n) is 7.07. The van der Waals surface area contributed by atoms with Crippen molar-refractivity contribution in [3.63, 3.8) is 0 Å². The normalized spacial score (nSPS) is 17.8. The van der Waals surface area contributed by atoms with Crippen molar-refractivity contribution in [2.75, 3.05) is 6.54 Å². The van der Waals surface area contributed by atoms with Gasteiger partial charge in [0.1, 0.15) is 0 Å². The molecule has 94 valence electrons. The molecule has 1 nitrogen and oxygen atoms in total. The van der Waals surface area contributed by atoms with Crippen LogP contribution in [0.2, 0.25) is 0 Å². The number of likely N-dealkylation sites (N-methyl/N-ethyl adjacent to an activating group) is 1. The molecule has 1 unspecified atom stereocenters. The Labute approximate surface area is 106 Å². The average molecular weight is 231 g/mol. The fourth-order valence-corrected chi connectivity index (χ4v) is 2.78. The molecular formula is C16H25N. The van der Waals surface area contributed by atoms with E-state index in [0.29, 0.717) is 6.04 Å². The first kappa shape index (κ1) is 12.6. The molecule has 1 aromatic rings. The first-order valence-corrected chi connectivity index (χ1v) is 7.07. The lowest BCUT2D eigenvalue weighted by atomic mass is 9.80. The predicted molar refractivity (Wildman–Crippen MR) is 74.3 cm³/mol. The lowest BCUT2D eigenvalue weighted by molar-refractivity contribution is 0.260. The zero-order valence-corrected chi connectivity index (χ0v) is 11.2. The number of aryl methyl sites for hydroxylation is 1. The summed E-state index contributed by atoms with van der Waals surface area (Å²) in [5.41, 5.74) is 2.86. The first-order chi connectivity index (χ1) is 8.28. The quantitative estimate of drug-likeness (QED) is 0.787. The second kappa shape index (κ2) is 6.20. The number of hydrogen-bond acceptors (Lipinski definition) is 1. The third-order valence-electron chi connectivity index (χ3n) is 3.90. The maximum absolute atomic E-state index is 3.65. The van der Waals surface area contributed by atoms with Crippen LogP contribution < -0.4 is 5.32 Å². The van der Waals surface area contributed by atoms with E-state index in [1.165, 1.54) is 43.2 Å². The summed E-state index contributed by atoms with van der Waals surface area (Å²) in [6.45, 7) is 5.48. The summed E-state index contributed by atoms with van der Waals surface area (Å²) in [6, 6.07) is 9.62. The molecule has 17 heavy (non-hydrogen) atoms. The minimum Gasteiger partial charge on any atom is -0.314 e. The zero-order chi connectivity index (χ0) is 12.1. The summed E-state index contributed by atoms with van der Waals surface area (Å²) in [4.78, 5) is 0. The molecule has 0 amide bonds. The van der Waals surface area contributed by atoms with E-state index in [1.807, 2.05) is 0 Å². The van der Waals surface area contributed by atoms with Gasteiger partial charge in [-0.2, -0.15) is 0 Å². The molecule has 0 spiro atoms. The summed E-state index contributed by atoms with van der Waals surface area (Å²) in [6.07, 6.45) is 6.91. The molecule has 1 saturated carbocycles. The fraction of sp³-hybridized carbons (Fsp3) is 0.625. The van der Waals surface area contributed by atoms with Gasteiger partial charge in [0, 0.05) is 6.04 Å². The van der Waals surface area contributed by atoms with Crippen LogP contribution >= 0.6 is 0 Å². The summed E-state index contributed by atoms with van der Waals surface area (Å²) >= 11 is 0. The lowest BCUT2D eigenvalue weighted by Gasteiger charge is -2.30. The maximum Gasteiger partial charge on any atom is 0.0110 e. The molecule has 1 atom stereocenters. The SMILES string of the molecule is CCNC(Cc1cccc(C)c1)CC1CCC1. The molecule has 0 aromatic heterocycles. The van der Waals surface area contributed by atoms with Crippen molar-refractivity contribution in [3.8, 4) is 0 Å². The van der Waals surface area contributed by atoms with Gasteiger partial charge in [0.25, 0.3) is 0 Å². The van der Waals surface area contributed by atoms with Crippen molar-refractivity contribution in [1.82, 2.24) is 5.32 Å². The van der Waals surface area contributed by atoms with Crippen LogP contribution in [0.1, 0.15) is 43.7 Å². The fourth-order valence-electron chi connectivity index (χ4n) is 2.78. The second-order valence-corrected chi connectivity index (χ2v) is 5.48. The van der Waals surface area contributed by atoms with Crippen molar-refractivity contribution in [2.45, 2.75) is 52.0 Å². The van der Waals surface area contributed by atoms with E-state index in [2.05, 4.69) is 43.4 Å². The molecule has 1 heteroatoms. The average Bonchev–Trinajstić information content (AvgIpc) is 2.23. The third-order valence-corrected chi connectivity index (χ3v) is 3.90. The van der Waals surface area contributed by atoms with Crippen molar-refractivity contribution < 1.29 is 0 Å². The number of hydrogen-bond donors (Lipinski definition) is 1. The molecule has 1 aromatic carbocycles. The minimum atomic E-state index is 0.673. The van der Waals surface area contributed by atoms with Gasteiger partial charge < -0.3 is 5.32 Å². The Kier molecular flexibility index (Phi) is 4.61. The van der Waals surface area contributed by atoms with Crippen molar-refractivity contribution >= 4 is 0 Å². The van der Waals surface area contributed by atoms with Gasteiger partial charge in [-0.15, -0.1) is 0 Å². The smallest absolute Gasteiger partial charge is 0.0110 e. The Balaban J connectivity index is 1.91. The highest BCUT2D eigenvalue weighted by Gasteiger charge is 2.21. The third kappa shape index (κ3) is 3.85. The van der Waals surface area contributed by atoms with Crippen LogP contribution in [0.3, 0.4) is 0 Å². The Bertz CT molecular complexity index is 341. The van der Waals surface area contributed by atoms with Gasteiger partial charge in [0.2, 0.25) is 0 Å². The largest absolute Gasteiger partial charge is 0.314 e. The summed E-state index contributed by atoms with van der Waals surface area (Å²) in [7, 11) is 0. The Hall–Kier alpha value is -0.820. The maximum atomic E-state index is 3.65. The number of rotatable bonds is 6. The van der Waals surface area contributed by atoms with Crippen molar-refractivity contribution in [2.24, 2.45) is 5.92 Å². The molecule has 0 saturated heterocycles. The number of benzene rings is 1. The van der Waals surface area contributed by atoms with Crippen LogP contribution in [0.25, 0.3) is 0 Å². The van der Waals surface area contributed by atoms with E-state index >= 15 is 0 Å². The van der Waals surface area contributed by atoms with E-state index in [1.54, 1.807) is 0 Å². The van der Waals surface area contributed by atoms with Crippen LogP contribution in [0.5, 0.6) is 0 Å². The van der Waals surface area contributed by atoms with E-state index in [9.17, 15) is 0 Å². The van der Waals surface area contributed by atoms with Gasteiger partial charge in [0.05, 0.1) is 0 Å². The van der Waals surface area contributed by atoms with Crippen LogP contribution in [-0.4, -0.2) is 12.6 Å². The molecule has 0 radical (unpaired) electrons. The van der Waals surface area contributed by atoms with E-state index in [-0.39, 0.29) is 0 Å². The van der Waals surface area contributed by atoms with Crippen LogP contribution in [-0.2, 0) is 6.42 Å². The highest BCUT2D eigenvalue weighted by atomic mass is 14.9. The van der Waals surface area contributed by atoms with Gasteiger partial charge in [-0.25, -0.2) is 0 Å². The van der Waals surface area contributed by atoms with Crippen LogP contribution in [0.15, 0.2) is 24.3 Å². The molecule has 1 aliphatic carbocycles. The van der Waals surface area contributed by atoms with Crippen molar-refractivity contribution in [1.29, 1.82) is 0 Å². The molecule has 1 N–H and O–H groups in total. The zero-order valence-electron chi connectivity index (χ0n) is 11.2. The molecule has 0 heterocycles. The topological polar surface area (TPSA) is 12.0 Å². The van der Waals surface area contributed by atoms with E-state index in [0.717, 1.165) is 12.5 Å².